The van der Waals surface area contributed by atoms with Crippen LogP contribution >= 0.6 is 0 Å². The van der Waals surface area contributed by atoms with Crippen LogP contribution in [0.25, 0.3) is 0 Å². The highest BCUT2D eigenvalue weighted by atomic mass is 19.4. The van der Waals surface area contributed by atoms with Gasteiger partial charge in [-0.2, -0.15) is 23.3 Å². The van der Waals surface area contributed by atoms with Crippen LogP contribution in [0.2, 0.25) is 0 Å². The average molecular weight is 474 g/mol. The second-order valence-corrected chi connectivity index (χ2v) is 8.56. The van der Waals surface area contributed by atoms with Gasteiger partial charge in [-0.1, -0.05) is 13.8 Å². The lowest BCUT2D eigenvalue weighted by Gasteiger charge is -2.36. The van der Waals surface area contributed by atoms with Crippen LogP contribution in [0.15, 0.2) is 30.7 Å². The molecule has 180 valence electrons. The van der Waals surface area contributed by atoms with Gasteiger partial charge in [-0.15, -0.1) is 0 Å². The zero-order chi connectivity index (χ0) is 24.6. The first-order valence-corrected chi connectivity index (χ1v) is 10.7. The number of anilines is 3. The molecule has 1 atom stereocenters. The molecule has 0 fully saturated rings. The zero-order valence-electron chi connectivity index (χ0n) is 19.2. The number of aryl methyl sites for hydroxylation is 1. The Kier molecular flexibility index (Phi) is 6.15. The summed E-state index contributed by atoms with van der Waals surface area (Å²) < 4.78 is 39.7. The molecular formula is C22H25F3N8O. The Labute approximate surface area is 194 Å². The molecule has 4 rings (SSSR count). The molecule has 9 nitrogen and oxygen atoms in total. The Bertz CT molecular complexity index is 1190. The Hall–Kier alpha value is -3.70. The van der Waals surface area contributed by atoms with E-state index >= 15 is 0 Å². The van der Waals surface area contributed by atoms with Crippen LogP contribution in [-0.2, 0) is 24.1 Å². The number of likely N-dealkylation sites (N-methyl/N-ethyl adjacent to an activating group) is 1. The minimum atomic E-state index is -4.41. The molecule has 4 heterocycles. The summed E-state index contributed by atoms with van der Waals surface area (Å²) in [6.45, 7) is 6.41. The van der Waals surface area contributed by atoms with Gasteiger partial charge in [0.15, 0.2) is 5.82 Å². The number of alkyl halides is 3. The third-order valence-electron chi connectivity index (χ3n) is 5.58. The van der Waals surface area contributed by atoms with Crippen molar-refractivity contribution in [3.05, 3.63) is 53.2 Å². The van der Waals surface area contributed by atoms with Crippen molar-refractivity contribution in [2.75, 3.05) is 22.6 Å². The average Bonchev–Trinajstić information content (AvgIpc) is 3.20. The van der Waals surface area contributed by atoms with E-state index < -0.39 is 11.7 Å². The number of fused-ring (bicyclic) bond motifs is 1. The molecule has 0 spiro atoms. The fourth-order valence-corrected chi connectivity index (χ4v) is 3.91. The van der Waals surface area contributed by atoms with E-state index in [1.54, 1.807) is 17.1 Å². The van der Waals surface area contributed by atoms with Gasteiger partial charge in [0, 0.05) is 31.5 Å². The first-order valence-electron chi connectivity index (χ1n) is 10.7. The second-order valence-electron chi connectivity index (χ2n) is 8.56. The number of nitrogens with one attached hydrogen (secondary N) is 2. The highest BCUT2D eigenvalue weighted by molar-refractivity contribution is 6.03. The van der Waals surface area contributed by atoms with Crippen LogP contribution in [0.1, 0.15) is 36.4 Å². The number of nitrogens with zero attached hydrogens (tertiary/aromatic N) is 6. The van der Waals surface area contributed by atoms with Gasteiger partial charge in [0.25, 0.3) is 0 Å². The SMILES string of the molecule is Cc1nc(NCc2cnn(Cc3ccc(C(F)(F)F)cn3)c2)nc2c1NC(=O)[C@H](C(C)C)N2C. The van der Waals surface area contributed by atoms with E-state index in [1.807, 2.05) is 32.7 Å². The van der Waals surface area contributed by atoms with Crippen LogP contribution in [-0.4, -0.2) is 43.7 Å². The van der Waals surface area contributed by atoms with Crippen molar-refractivity contribution in [1.82, 2.24) is 24.7 Å². The number of aromatic nitrogens is 5. The molecule has 0 aromatic carbocycles. The van der Waals surface area contributed by atoms with Crippen molar-refractivity contribution in [3.63, 3.8) is 0 Å². The first kappa shape index (κ1) is 23.5. The topological polar surface area (TPSA) is 101 Å². The summed E-state index contributed by atoms with van der Waals surface area (Å²) in [4.78, 5) is 27.3. The van der Waals surface area contributed by atoms with Crippen molar-refractivity contribution in [1.29, 1.82) is 0 Å². The van der Waals surface area contributed by atoms with E-state index in [0.717, 1.165) is 17.8 Å². The van der Waals surface area contributed by atoms with Gasteiger partial charge in [0.2, 0.25) is 11.9 Å². The van der Waals surface area contributed by atoms with Gasteiger partial charge >= 0.3 is 6.18 Å². The lowest BCUT2D eigenvalue weighted by molar-refractivity contribution is -0.137. The third-order valence-corrected chi connectivity index (χ3v) is 5.58. The first-order chi connectivity index (χ1) is 16.0. The largest absolute Gasteiger partial charge is 0.417 e. The molecule has 3 aromatic heterocycles. The molecule has 34 heavy (non-hydrogen) atoms. The molecule has 1 amide bonds. The van der Waals surface area contributed by atoms with E-state index in [2.05, 4.69) is 30.7 Å². The van der Waals surface area contributed by atoms with Crippen molar-refractivity contribution in [2.24, 2.45) is 5.92 Å². The van der Waals surface area contributed by atoms with Gasteiger partial charge in [0.05, 0.1) is 29.7 Å². The zero-order valence-corrected chi connectivity index (χ0v) is 19.2. The Morgan fingerprint density at radius 1 is 1.21 bits per heavy atom. The normalized spacial score (nSPS) is 15.9. The summed E-state index contributed by atoms with van der Waals surface area (Å²) in [7, 11) is 1.85. The summed E-state index contributed by atoms with van der Waals surface area (Å²) in [6.07, 6.45) is -0.161. The van der Waals surface area contributed by atoms with Crippen LogP contribution in [0.5, 0.6) is 0 Å². The Morgan fingerprint density at radius 2 is 1.97 bits per heavy atom. The molecule has 0 saturated carbocycles. The molecule has 1 aliphatic heterocycles. The molecule has 12 heteroatoms. The number of pyridine rings is 1. The Morgan fingerprint density at radius 3 is 2.62 bits per heavy atom. The fourth-order valence-electron chi connectivity index (χ4n) is 3.91. The number of hydrogen-bond donors (Lipinski definition) is 2. The van der Waals surface area contributed by atoms with E-state index in [9.17, 15) is 18.0 Å². The summed E-state index contributed by atoms with van der Waals surface area (Å²) in [5.74, 6) is 1.10. The van der Waals surface area contributed by atoms with Crippen LogP contribution in [0.3, 0.4) is 0 Å². The minimum Gasteiger partial charge on any atom is -0.350 e. The van der Waals surface area contributed by atoms with Gasteiger partial charge in [-0.3, -0.25) is 14.5 Å². The fraction of sp³-hybridized carbons (Fsp3) is 0.409. The molecule has 2 N–H and O–H groups in total. The van der Waals surface area contributed by atoms with E-state index in [-0.39, 0.29) is 24.4 Å². The number of hydrogen-bond acceptors (Lipinski definition) is 7. The van der Waals surface area contributed by atoms with Crippen molar-refractivity contribution < 1.29 is 18.0 Å². The molecule has 1 aliphatic rings. The summed E-state index contributed by atoms with van der Waals surface area (Å²) >= 11 is 0. The second kappa shape index (κ2) is 8.92. The minimum absolute atomic E-state index is 0.0765. The van der Waals surface area contributed by atoms with E-state index in [4.69, 9.17) is 0 Å². The summed E-state index contributed by atoms with van der Waals surface area (Å²) in [5, 5.41) is 10.3. The monoisotopic (exact) mass is 474 g/mol. The highest BCUT2D eigenvalue weighted by Gasteiger charge is 2.35. The summed E-state index contributed by atoms with van der Waals surface area (Å²) in [5.41, 5.74) is 1.78. The molecule has 0 saturated heterocycles. The van der Waals surface area contributed by atoms with Gasteiger partial charge in [-0.25, -0.2) is 4.98 Å². The quantitative estimate of drug-likeness (QED) is 0.564. The highest BCUT2D eigenvalue weighted by Crippen LogP contribution is 2.34. The lowest BCUT2D eigenvalue weighted by Crippen LogP contribution is -2.49. The van der Waals surface area contributed by atoms with Gasteiger partial charge in [0.1, 0.15) is 11.7 Å². The van der Waals surface area contributed by atoms with Gasteiger partial charge < -0.3 is 15.5 Å². The number of rotatable bonds is 6. The number of halogens is 3. The molecule has 0 unspecified atom stereocenters. The van der Waals surface area contributed by atoms with Crippen LogP contribution < -0.4 is 15.5 Å². The lowest BCUT2D eigenvalue weighted by atomic mass is 9.99. The van der Waals surface area contributed by atoms with Crippen LogP contribution in [0, 0.1) is 12.8 Å². The standard InChI is InChI=1S/C22H25F3N8O/c1-12(2)18-20(34)30-17-13(3)29-21(31-19(17)32(18)4)27-7-14-8-28-33(10-14)11-16-6-5-15(9-26-16)22(23,24)25/h5-6,8-10,12,18H,7,11H2,1-4H3,(H,30,34)(H,27,29,31)/t18-/m0/s1. The van der Waals surface area contributed by atoms with E-state index in [1.165, 1.54) is 6.07 Å². The van der Waals surface area contributed by atoms with Crippen molar-refractivity contribution in [2.45, 2.75) is 46.1 Å². The number of carbonyl (C=O) groups excluding carboxylic acids is 1. The maximum absolute atomic E-state index is 12.7. The molecule has 3 aromatic rings. The summed E-state index contributed by atoms with van der Waals surface area (Å²) in [6, 6.07) is 2.02. The Balaban J connectivity index is 1.43. The van der Waals surface area contributed by atoms with Crippen LogP contribution in [0.4, 0.5) is 30.6 Å². The number of amides is 1. The maximum atomic E-state index is 12.7. The third kappa shape index (κ3) is 4.80. The van der Waals surface area contributed by atoms with Crippen molar-refractivity contribution in [3.8, 4) is 0 Å². The maximum Gasteiger partial charge on any atom is 0.417 e. The predicted octanol–water partition coefficient (Wildman–Crippen LogP) is 3.47. The molecule has 0 radical (unpaired) electrons. The molecule has 0 bridgehead atoms. The molecule has 0 aliphatic carbocycles. The van der Waals surface area contributed by atoms with E-state index in [0.29, 0.717) is 35.4 Å². The molecular weight excluding hydrogens is 449 g/mol. The number of carbonyl (C=O) groups is 1. The van der Waals surface area contributed by atoms with Crippen molar-refractivity contribution >= 4 is 23.4 Å². The predicted molar refractivity (Wildman–Crippen MR) is 120 cm³/mol. The smallest absolute Gasteiger partial charge is 0.350 e. The van der Waals surface area contributed by atoms with Gasteiger partial charge in [-0.05, 0) is 25.0 Å².